The van der Waals surface area contributed by atoms with E-state index in [9.17, 15) is 8.42 Å². The highest BCUT2D eigenvalue weighted by atomic mass is 32.3. The predicted molar refractivity (Wildman–Crippen MR) is 71.2 cm³/mol. The molecule has 0 bridgehead atoms. The van der Waals surface area contributed by atoms with Gasteiger partial charge in [0.15, 0.2) is 0 Å². The Labute approximate surface area is 108 Å². The van der Waals surface area contributed by atoms with Crippen LogP contribution in [0.5, 0.6) is 0 Å². The number of rotatable bonds is 6. The monoisotopic (exact) mass is 273 g/mol. The van der Waals surface area contributed by atoms with Crippen LogP contribution in [0.15, 0.2) is 24.3 Å². The number of anilines is 1. The number of aryl methyl sites for hydroxylation is 1. The highest BCUT2D eigenvalue weighted by Crippen LogP contribution is 2.16. The van der Waals surface area contributed by atoms with E-state index in [1.807, 2.05) is 43.0 Å². The number of hydrogen-bond donors (Lipinski definition) is 1. The summed E-state index contributed by atoms with van der Waals surface area (Å²) in [7, 11) is -4.39. The average Bonchev–Trinajstić information content (AvgIpc) is 2.23. The maximum absolute atomic E-state index is 10.6. The molecule has 18 heavy (non-hydrogen) atoms. The van der Waals surface area contributed by atoms with E-state index in [1.54, 1.807) is 6.92 Å². The van der Waals surface area contributed by atoms with Gasteiger partial charge >= 0.3 is 10.4 Å². The molecule has 0 radical (unpaired) electrons. The van der Waals surface area contributed by atoms with Gasteiger partial charge in [-0.15, -0.1) is 0 Å². The van der Waals surface area contributed by atoms with Crippen molar-refractivity contribution in [3.63, 3.8) is 0 Å². The summed E-state index contributed by atoms with van der Waals surface area (Å²) in [4.78, 5) is 1.99. The molecule has 1 aromatic rings. The second-order valence-electron chi connectivity index (χ2n) is 4.21. The molecule has 5 nitrogen and oxygen atoms in total. The van der Waals surface area contributed by atoms with Crippen molar-refractivity contribution < 1.29 is 17.2 Å². The van der Waals surface area contributed by atoms with Crippen LogP contribution in [-0.2, 0) is 14.6 Å². The Hall–Kier alpha value is -1.11. The molecule has 0 heterocycles. The third-order valence-corrected chi connectivity index (χ3v) is 3.08. The summed E-state index contributed by atoms with van der Waals surface area (Å²) in [5.74, 6) is 0. The van der Waals surface area contributed by atoms with Crippen LogP contribution < -0.4 is 4.90 Å². The summed E-state index contributed by atoms with van der Waals surface area (Å²) >= 11 is 0. The van der Waals surface area contributed by atoms with E-state index in [2.05, 4.69) is 4.18 Å². The highest BCUT2D eigenvalue weighted by Gasteiger charge is 2.15. The molecule has 1 atom stereocenters. The third kappa shape index (κ3) is 5.03. The molecule has 0 saturated carbocycles. The van der Waals surface area contributed by atoms with Crippen LogP contribution in [0.1, 0.15) is 19.4 Å². The highest BCUT2D eigenvalue weighted by molar-refractivity contribution is 7.80. The van der Waals surface area contributed by atoms with Crippen LogP contribution in [0, 0.1) is 6.92 Å². The predicted octanol–water partition coefficient (Wildman–Crippen LogP) is 2.03. The van der Waals surface area contributed by atoms with Crippen LogP contribution in [0.2, 0.25) is 0 Å². The summed E-state index contributed by atoms with van der Waals surface area (Å²) in [6.07, 6.45) is -0.611. The number of hydrogen-bond acceptors (Lipinski definition) is 4. The molecule has 102 valence electrons. The van der Waals surface area contributed by atoms with Crippen LogP contribution >= 0.6 is 0 Å². The Morgan fingerprint density at radius 2 is 2.11 bits per heavy atom. The Morgan fingerprint density at radius 3 is 2.61 bits per heavy atom. The van der Waals surface area contributed by atoms with Crippen molar-refractivity contribution in [2.75, 3.05) is 18.0 Å². The summed E-state index contributed by atoms with van der Waals surface area (Å²) in [6, 6.07) is 7.91. The Kier molecular flexibility index (Phi) is 5.13. The van der Waals surface area contributed by atoms with Gasteiger partial charge in [-0.1, -0.05) is 12.1 Å². The molecule has 0 amide bonds. The molecule has 1 rings (SSSR count). The molecule has 0 fully saturated rings. The second-order valence-corrected chi connectivity index (χ2v) is 5.26. The van der Waals surface area contributed by atoms with E-state index in [1.165, 1.54) is 0 Å². The lowest BCUT2D eigenvalue weighted by atomic mass is 10.2. The molecule has 1 aromatic carbocycles. The summed E-state index contributed by atoms with van der Waals surface area (Å²) in [6.45, 7) is 6.69. The zero-order valence-corrected chi connectivity index (χ0v) is 11.6. The summed E-state index contributed by atoms with van der Waals surface area (Å²) in [5, 5.41) is 0. The zero-order chi connectivity index (χ0) is 13.8. The van der Waals surface area contributed by atoms with Gasteiger partial charge in [0.05, 0.1) is 6.10 Å². The van der Waals surface area contributed by atoms with Gasteiger partial charge < -0.3 is 4.90 Å². The van der Waals surface area contributed by atoms with E-state index >= 15 is 0 Å². The number of likely N-dealkylation sites (N-methyl/N-ethyl adjacent to an activating group) is 1. The fourth-order valence-corrected chi connectivity index (χ4v) is 2.27. The van der Waals surface area contributed by atoms with E-state index in [4.69, 9.17) is 4.55 Å². The molecule has 0 aliphatic heterocycles. The summed E-state index contributed by atoms with van der Waals surface area (Å²) in [5.41, 5.74) is 2.14. The van der Waals surface area contributed by atoms with Gasteiger partial charge in [0.2, 0.25) is 0 Å². The minimum Gasteiger partial charge on any atom is -0.369 e. The first kappa shape index (κ1) is 14.9. The van der Waals surface area contributed by atoms with E-state index in [0.29, 0.717) is 6.54 Å². The smallest absolute Gasteiger partial charge is 0.369 e. The molecule has 1 N–H and O–H groups in total. The van der Waals surface area contributed by atoms with Crippen LogP contribution in [0.25, 0.3) is 0 Å². The van der Waals surface area contributed by atoms with Gasteiger partial charge in [-0.3, -0.25) is 4.55 Å². The Morgan fingerprint density at radius 1 is 1.44 bits per heavy atom. The van der Waals surface area contributed by atoms with Crippen molar-refractivity contribution in [1.82, 2.24) is 0 Å². The topological polar surface area (TPSA) is 66.8 Å². The van der Waals surface area contributed by atoms with Crippen LogP contribution in [0.3, 0.4) is 0 Å². The Balaban J connectivity index is 2.73. The largest absolute Gasteiger partial charge is 0.397 e. The van der Waals surface area contributed by atoms with Crippen LogP contribution in [0.4, 0.5) is 5.69 Å². The van der Waals surface area contributed by atoms with Gasteiger partial charge in [-0.2, -0.15) is 8.42 Å². The van der Waals surface area contributed by atoms with Crippen molar-refractivity contribution in [1.29, 1.82) is 0 Å². The standard InChI is InChI=1S/C12H19NO4S/c1-4-13(9-11(3)17-18(14,15)16)12-7-5-6-10(2)8-12/h5-8,11H,4,9H2,1-3H3,(H,14,15,16)/t11-/m1/s1. The average molecular weight is 273 g/mol. The van der Waals surface area contributed by atoms with Gasteiger partial charge in [0.25, 0.3) is 0 Å². The Bertz CT molecular complexity index is 487. The van der Waals surface area contributed by atoms with E-state index < -0.39 is 16.5 Å². The normalized spacial score (nSPS) is 13.3. The van der Waals surface area contributed by atoms with Crippen molar-refractivity contribution in [3.8, 4) is 0 Å². The van der Waals surface area contributed by atoms with Gasteiger partial charge in [0.1, 0.15) is 0 Å². The van der Waals surface area contributed by atoms with Gasteiger partial charge in [0, 0.05) is 18.8 Å². The number of benzene rings is 1. The fourth-order valence-electron chi connectivity index (χ4n) is 1.79. The zero-order valence-electron chi connectivity index (χ0n) is 10.8. The van der Waals surface area contributed by atoms with Crippen molar-refractivity contribution in [3.05, 3.63) is 29.8 Å². The first-order valence-corrected chi connectivity index (χ1v) is 7.15. The maximum Gasteiger partial charge on any atom is 0.397 e. The molecular weight excluding hydrogens is 254 g/mol. The fraction of sp³-hybridized carbons (Fsp3) is 0.500. The van der Waals surface area contributed by atoms with Crippen molar-refractivity contribution in [2.24, 2.45) is 0 Å². The maximum atomic E-state index is 10.6. The number of nitrogens with zero attached hydrogens (tertiary/aromatic N) is 1. The van der Waals surface area contributed by atoms with Gasteiger partial charge in [-0.25, -0.2) is 4.18 Å². The molecule has 0 aliphatic carbocycles. The lowest BCUT2D eigenvalue weighted by Gasteiger charge is -2.26. The molecular formula is C12H19NO4S. The first-order chi connectivity index (χ1) is 8.31. The summed E-state index contributed by atoms with van der Waals surface area (Å²) < 4.78 is 34.4. The lowest BCUT2D eigenvalue weighted by molar-refractivity contribution is 0.201. The quantitative estimate of drug-likeness (QED) is 0.803. The van der Waals surface area contributed by atoms with E-state index in [0.717, 1.165) is 17.8 Å². The molecule has 0 unspecified atom stereocenters. The molecule has 0 aliphatic rings. The molecule has 0 spiro atoms. The van der Waals surface area contributed by atoms with Crippen molar-refractivity contribution in [2.45, 2.75) is 26.9 Å². The molecule has 0 aromatic heterocycles. The minimum atomic E-state index is -4.39. The first-order valence-electron chi connectivity index (χ1n) is 5.79. The van der Waals surface area contributed by atoms with Crippen molar-refractivity contribution >= 4 is 16.1 Å². The lowest BCUT2D eigenvalue weighted by Crippen LogP contribution is -2.33. The van der Waals surface area contributed by atoms with E-state index in [-0.39, 0.29) is 0 Å². The second kappa shape index (κ2) is 6.17. The van der Waals surface area contributed by atoms with Gasteiger partial charge in [-0.05, 0) is 38.5 Å². The molecule has 0 saturated heterocycles. The third-order valence-electron chi connectivity index (χ3n) is 2.51. The van der Waals surface area contributed by atoms with Crippen LogP contribution in [-0.4, -0.2) is 32.2 Å². The molecule has 6 heteroatoms. The minimum absolute atomic E-state index is 0.389. The SMILES string of the molecule is CCN(C[C@@H](C)OS(=O)(=O)O)c1cccc(C)c1.